The number of nitrogens with zero attached hydrogens (tertiary/aromatic N) is 1. The number of fused-ring (bicyclic) bond motifs is 1. The number of rotatable bonds is 9. The lowest BCUT2D eigenvalue weighted by Crippen LogP contribution is -2.13. The van der Waals surface area contributed by atoms with Crippen molar-refractivity contribution >= 4 is 51.6 Å². The highest BCUT2D eigenvalue weighted by Gasteiger charge is 2.14. The summed E-state index contributed by atoms with van der Waals surface area (Å²) in [6, 6.07) is 25.5. The SMILES string of the molecule is C=CCOc1ccc2ccccc2c1/C=C(\C#N)C(=O)Nc1ccc(OCc2ccc(Cl)cc2Cl)cc1. The first kappa shape index (κ1) is 25.8. The molecule has 0 bridgehead atoms. The number of nitrogens with one attached hydrogen (secondary N) is 1. The Balaban J connectivity index is 1.50. The van der Waals surface area contributed by atoms with Crippen LogP contribution in [0.5, 0.6) is 11.5 Å². The van der Waals surface area contributed by atoms with Gasteiger partial charge in [-0.3, -0.25) is 4.79 Å². The number of nitriles is 1. The Morgan fingerprint density at radius 2 is 1.78 bits per heavy atom. The van der Waals surface area contributed by atoms with Crippen LogP contribution in [0.1, 0.15) is 11.1 Å². The van der Waals surface area contributed by atoms with Crippen molar-refractivity contribution in [3.63, 3.8) is 0 Å². The second kappa shape index (κ2) is 12.1. The molecule has 0 aliphatic rings. The fourth-order valence-electron chi connectivity index (χ4n) is 3.62. The lowest BCUT2D eigenvalue weighted by atomic mass is 10.0. The highest BCUT2D eigenvalue weighted by Crippen LogP contribution is 2.31. The lowest BCUT2D eigenvalue weighted by molar-refractivity contribution is -0.112. The molecule has 0 saturated carbocycles. The van der Waals surface area contributed by atoms with Gasteiger partial charge >= 0.3 is 0 Å². The molecule has 4 rings (SSSR count). The van der Waals surface area contributed by atoms with Crippen molar-refractivity contribution in [1.82, 2.24) is 0 Å². The molecule has 0 atom stereocenters. The van der Waals surface area contributed by atoms with Gasteiger partial charge in [0.2, 0.25) is 0 Å². The first-order valence-electron chi connectivity index (χ1n) is 11.3. The van der Waals surface area contributed by atoms with Gasteiger partial charge in [-0.1, -0.05) is 72.3 Å². The first-order valence-corrected chi connectivity index (χ1v) is 12.1. The maximum atomic E-state index is 13.0. The topological polar surface area (TPSA) is 71.3 Å². The third kappa shape index (κ3) is 6.50. The van der Waals surface area contributed by atoms with Gasteiger partial charge < -0.3 is 14.8 Å². The molecule has 0 aromatic heterocycles. The maximum absolute atomic E-state index is 13.0. The number of amides is 1. The summed E-state index contributed by atoms with van der Waals surface area (Å²) >= 11 is 12.1. The van der Waals surface area contributed by atoms with Crippen LogP contribution in [0.2, 0.25) is 10.0 Å². The van der Waals surface area contributed by atoms with E-state index < -0.39 is 5.91 Å². The summed E-state index contributed by atoms with van der Waals surface area (Å²) in [5, 5.41) is 15.4. The summed E-state index contributed by atoms with van der Waals surface area (Å²) in [4.78, 5) is 13.0. The van der Waals surface area contributed by atoms with Gasteiger partial charge in [-0.25, -0.2) is 0 Å². The van der Waals surface area contributed by atoms with Crippen LogP contribution >= 0.6 is 23.2 Å². The van der Waals surface area contributed by atoms with Gasteiger partial charge in [0.1, 0.15) is 36.4 Å². The standard InChI is InChI=1S/C30H22Cl2N2O3/c1-2-15-36-29-14-8-20-5-3-4-6-26(20)27(29)16-22(18-33)30(35)34-24-10-12-25(13-11-24)37-19-21-7-9-23(31)17-28(21)32/h2-14,16-17H,1,15,19H2,(H,34,35)/b22-16+. The summed E-state index contributed by atoms with van der Waals surface area (Å²) in [7, 11) is 0. The molecule has 0 aliphatic carbocycles. The van der Waals surface area contributed by atoms with Crippen molar-refractivity contribution in [1.29, 1.82) is 5.26 Å². The number of carbonyl (C=O) groups excluding carboxylic acids is 1. The molecule has 0 unspecified atom stereocenters. The fraction of sp³-hybridized carbons (Fsp3) is 0.0667. The summed E-state index contributed by atoms with van der Waals surface area (Å²) in [6.07, 6.45) is 3.18. The molecule has 1 N–H and O–H groups in total. The van der Waals surface area contributed by atoms with E-state index in [1.54, 1.807) is 54.6 Å². The molecular formula is C30H22Cl2N2O3. The third-order valence-electron chi connectivity index (χ3n) is 5.46. The van der Waals surface area contributed by atoms with Gasteiger partial charge in [0.05, 0.1) is 0 Å². The van der Waals surface area contributed by atoms with Crippen LogP contribution in [0.15, 0.2) is 97.1 Å². The summed E-state index contributed by atoms with van der Waals surface area (Å²) in [5.74, 6) is 0.619. The van der Waals surface area contributed by atoms with E-state index in [0.29, 0.717) is 39.4 Å². The minimum Gasteiger partial charge on any atom is -0.489 e. The van der Waals surface area contributed by atoms with Crippen LogP contribution in [-0.4, -0.2) is 12.5 Å². The zero-order chi connectivity index (χ0) is 26.2. The predicted octanol–water partition coefficient (Wildman–Crippen LogP) is 7.84. The van der Waals surface area contributed by atoms with Crippen LogP contribution in [0.25, 0.3) is 16.8 Å². The quantitative estimate of drug-likeness (QED) is 0.136. The number of hydrogen-bond acceptors (Lipinski definition) is 4. The number of benzene rings is 4. The zero-order valence-electron chi connectivity index (χ0n) is 19.7. The van der Waals surface area contributed by atoms with E-state index in [1.165, 1.54) is 0 Å². The lowest BCUT2D eigenvalue weighted by Gasteiger charge is -2.12. The molecule has 184 valence electrons. The van der Waals surface area contributed by atoms with Gasteiger partial charge in [-0.15, -0.1) is 0 Å². The van der Waals surface area contributed by atoms with Gasteiger partial charge in [0, 0.05) is 26.9 Å². The van der Waals surface area contributed by atoms with Crippen molar-refractivity contribution < 1.29 is 14.3 Å². The number of hydrogen-bond donors (Lipinski definition) is 1. The molecule has 0 saturated heterocycles. The molecule has 4 aromatic carbocycles. The van der Waals surface area contributed by atoms with Crippen molar-refractivity contribution in [2.45, 2.75) is 6.61 Å². The highest BCUT2D eigenvalue weighted by atomic mass is 35.5. The molecule has 1 amide bonds. The Hall–Kier alpha value is -4.24. The van der Waals surface area contributed by atoms with Crippen molar-refractivity contribution in [3.05, 3.63) is 118 Å². The van der Waals surface area contributed by atoms with E-state index in [2.05, 4.69) is 11.9 Å². The van der Waals surface area contributed by atoms with Crippen molar-refractivity contribution in [2.75, 3.05) is 11.9 Å². The summed E-state index contributed by atoms with van der Waals surface area (Å²) < 4.78 is 11.6. The Morgan fingerprint density at radius 1 is 1.00 bits per heavy atom. The van der Waals surface area contributed by atoms with Gasteiger partial charge in [0.15, 0.2) is 0 Å². The predicted molar refractivity (Wildman–Crippen MR) is 149 cm³/mol. The Bertz CT molecular complexity index is 1520. The second-order valence-corrected chi connectivity index (χ2v) is 8.81. The minimum absolute atomic E-state index is 0.0579. The number of anilines is 1. The summed E-state index contributed by atoms with van der Waals surface area (Å²) in [5.41, 5.74) is 1.91. The average molecular weight is 529 g/mol. The molecule has 37 heavy (non-hydrogen) atoms. The van der Waals surface area contributed by atoms with E-state index in [4.69, 9.17) is 32.7 Å². The fourth-order valence-corrected chi connectivity index (χ4v) is 4.09. The molecule has 0 radical (unpaired) electrons. The summed E-state index contributed by atoms with van der Waals surface area (Å²) in [6.45, 7) is 4.25. The van der Waals surface area contributed by atoms with Crippen LogP contribution in [0.4, 0.5) is 5.69 Å². The first-order chi connectivity index (χ1) is 18.0. The minimum atomic E-state index is -0.535. The molecule has 0 spiro atoms. The Morgan fingerprint density at radius 3 is 2.51 bits per heavy atom. The number of halogens is 2. The molecule has 5 nitrogen and oxygen atoms in total. The van der Waals surface area contributed by atoms with Gasteiger partial charge in [-0.2, -0.15) is 5.26 Å². The van der Waals surface area contributed by atoms with E-state index in [-0.39, 0.29) is 12.2 Å². The van der Waals surface area contributed by atoms with Crippen LogP contribution in [-0.2, 0) is 11.4 Å². The Kier molecular flexibility index (Phi) is 8.48. The van der Waals surface area contributed by atoms with E-state index >= 15 is 0 Å². The number of carbonyl (C=O) groups is 1. The Labute approximate surface area is 225 Å². The maximum Gasteiger partial charge on any atom is 0.266 e. The monoisotopic (exact) mass is 528 g/mol. The highest BCUT2D eigenvalue weighted by molar-refractivity contribution is 6.35. The number of ether oxygens (including phenoxy) is 2. The van der Waals surface area contributed by atoms with Crippen LogP contribution < -0.4 is 14.8 Å². The van der Waals surface area contributed by atoms with Gasteiger partial charge in [-0.05, 0) is 59.3 Å². The largest absolute Gasteiger partial charge is 0.489 e. The van der Waals surface area contributed by atoms with Gasteiger partial charge in [0.25, 0.3) is 5.91 Å². The normalized spacial score (nSPS) is 11.0. The molecule has 4 aromatic rings. The molecule has 7 heteroatoms. The molecule has 0 heterocycles. The van der Waals surface area contributed by atoms with E-state index in [9.17, 15) is 10.1 Å². The van der Waals surface area contributed by atoms with E-state index in [0.717, 1.165) is 16.3 Å². The molecular weight excluding hydrogens is 507 g/mol. The average Bonchev–Trinajstić information content (AvgIpc) is 2.91. The zero-order valence-corrected chi connectivity index (χ0v) is 21.2. The third-order valence-corrected chi connectivity index (χ3v) is 6.05. The smallest absolute Gasteiger partial charge is 0.266 e. The van der Waals surface area contributed by atoms with Crippen LogP contribution in [0.3, 0.4) is 0 Å². The van der Waals surface area contributed by atoms with Crippen molar-refractivity contribution in [2.24, 2.45) is 0 Å². The molecule has 0 aliphatic heterocycles. The van der Waals surface area contributed by atoms with Crippen molar-refractivity contribution in [3.8, 4) is 17.6 Å². The molecule has 0 fully saturated rings. The second-order valence-electron chi connectivity index (χ2n) is 7.97. The van der Waals surface area contributed by atoms with E-state index in [1.807, 2.05) is 42.5 Å². The van der Waals surface area contributed by atoms with Crippen LogP contribution in [0, 0.1) is 11.3 Å².